The molecule has 0 fully saturated rings. The molecule has 2 aromatic carbocycles. The Bertz CT molecular complexity index is 1090. The smallest absolute Gasteiger partial charge is 0.289 e. The van der Waals surface area contributed by atoms with E-state index in [1.165, 1.54) is 30.5 Å². The molecule has 0 aliphatic carbocycles. The number of nitrogens with one attached hydrogen (secondary N) is 1. The van der Waals surface area contributed by atoms with Gasteiger partial charge < -0.3 is 4.74 Å². The summed E-state index contributed by atoms with van der Waals surface area (Å²) < 4.78 is 19.3. The van der Waals surface area contributed by atoms with Crippen molar-refractivity contribution in [2.75, 3.05) is 0 Å². The van der Waals surface area contributed by atoms with Gasteiger partial charge in [0.15, 0.2) is 0 Å². The van der Waals surface area contributed by atoms with E-state index in [0.29, 0.717) is 15.8 Å². The monoisotopic (exact) mass is 472 g/mol. The van der Waals surface area contributed by atoms with E-state index in [0.717, 1.165) is 11.8 Å². The van der Waals surface area contributed by atoms with Crippen molar-refractivity contribution in [1.82, 2.24) is 10.4 Å². The van der Waals surface area contributed by atoms with E-state index in [-0.39, 0.29) is 23.8 Å². The fourth-order valence-corrected chi connectivity index (χ4v) is 2.82. The molecule has 0 saturated heterocycles. The second-order valence-electron chi connectivity index (χ2n) is 5.96. The highest BCUT2D eigenvalue weighted by Crippen LogP contribution is 2.26. The van der Waals surface area contributed by atoms with E-state index in [1.54, 1.807) is 30.3 Å². The van der Waals surface area contributed by atoms with E-state index in [9.17, 15) is 19.3 Å². The van der Waals surface area contributed by atoms with Crippen LogP contribution < -0.4 is 10.2 Å². The Balaban J connectivity index is 1.56. The van der Waals surface area contributed by atoms with Crippen molar-refractivity contribution in [2.24, 2.45) is 5.10 Å². The number of hydrogen-bond acceptors (Lipinski definition) is 6. The first-order valence-electron chi connectivity index (χ1n) is 8.53. The van der Waals surface area contributed by atoms with Gasteiger partial charge in [-0.05, 0) is 63.5 Å². The van der Waals surface area contributed by atoms with E-state index >= 15 is 0 Å². The standard InChI is InChI=1S/C20H14BrFN4O4/c21-17-9-14(3-8-19(17)30-12-13-1-4-15(22)5-2-13)10-24-25-20(27)18-7-6-16(11-23-18)26(28)29/h1-11H,12H2,(H,25,27). The highest BCUT2D eigenvalue weighted by molar-refractivity contribution is 9.10. The fraction of sp³-hybridized carbons (Fsp3) is 0.0500. The van der Waals surface area contributed by atoms with E-state index < -0.39 is 10.8 Å². The third-order valence-electron chi connectivity index (χ3n) is 3.83. The number of carbonyl (C=O) groups excluding carboxylic acids is 1. The van der Waals surface area contributed by atoms with Gasteiger partial charge in [-0.15, -0.1) is 0 Å². The first-order valence-corrected chi connectivity index (χ1v) is 9.32. The maximum atomic E-state index is 12.9. The molecule has 0 saturated carbocycles. The van der Waals surface area contributed by atoms with Gasteiger partial charge in [0.2, 0.25) is 0 Å². The van der Waals surface area contributed by atoms with Crippen molar-refractivity contribution < 1.29 is 18.8 Å². The minimum atomic E-state index is -0.599. The number of benzene rings is 2. The number of carbonyl (C=O) groups is 1. The fourth-order valence-electron chi connectivity index (χ4n) is 2.31. The predicted octanol–water partition coefficient (Wildman–Crippen LogP) is 4.23. The van der Waals surface area contributed by atoms with Crippen LogP contribution in [0.1, 0.15) is 21.6 Å². The predicted molar refractivity (Wildman–Crippen MR) is 111 cm³/mol. The zero-order valence-electron chi connectivity index (χ0n) is 15.3. The topological polar surface area (TPSA) is 107 Å². The SMILES string of the molecule is O=C(NN=Cc1ccc(OCc2ccc(F)cc2)c(Br)c1)c1ccc([N+](=O)[O-])cn1. The van der Waals surface area contributed by atoms with Gasteiger partial charge >= 0.3 is 0 Å². The minimum Gasteiger partial charge on any atom is -0.488 e. The number of amides is 1. The molecule has 0 unspecified atom stereocenters. The first kappa shape index (κ1) is 21.1. The molecule has 0 aliphatic rings. The lowest BCUT2D eigenvalue weighted by molar-refractivity contribution is -0.385. The number of aromatic nitrogens is 1. The number of hydrazone groups is 1. The van der Waals surface area contributed by atoms with Crippen molar-refractivity contribution in [3.05, 3.63) is 98.0 Å². The summed E-state index contributed by atoms with van der Waals surface area (Å²) in [7, 11) is 0. The Labute approximate surface area is 178 Å². The average molecular weight is 473 g/mol. The van der Waals surface area contributed by atoms with Gasteiger partial charge in [0, 0.05) is 6.07 Å². The molecule has 1 heterocycles. The summed E-state index contributed by atoms with van der Waals surface area (Å²) in [5.74, 6) is -0.310. The molecule has 0 atom stereocenters. The molecular weight excluding hydrogens is 459 g/mol. The Morgan fingerprint density at radius 3 is 2.63 bits per heavy atom. The first-order chi connectivity index (χ1) is 14.4. The van der Waals surface area contributed by atoms with Gasteiger partial charge in [-0.3, -0.25) is 14.9 Å². The van der Waals surface area contributed by atoms with Crippen LogP contribution in [0.25, 0.3) is 0 Å². The van der Waals surface area contributed by atoms with Gasteiger partial charge in [0.25, 0.3) is 11.6 Å². The number of nitrogens with zero attached hydrogens (tertiary/aromatic N) is 3. The molecule has 30 heavy (non-hydrogen) atoms. The Kier molecular flexibility index (Phi) is 6.81. The normalized spacial score (nSPS) is 10.7. The molecular formula is C20H14BrFN4O4. The highest BCUT2D eigenvalue weighted by atomic mass is 79.9. The van der Waals surface area contributed by atoms with Crippen LogP contribution in [0.5, 0.6) is 5.75 Å². The lowest BCUT2D eigenvalue weighted by Crippen LogP contribution is -2.18. The number of pyridine rings is 1. The summed E-state index contributed by atoms with van der Waals surface area (Å²) in [6.07, 6.45) is 2.43. The molecule has 8 nitrogen and oxygen atoms in total. The van der Waals surface area contributed by atoms with E-state index in [1.807, 2.05) is 0 Å². The van der Waals surface area contributed by atoms with Crippen molar-refractivity contribution in [1.29, 1.82) is 0 Å². The lowest BCUT2D eigenvalue weighted by atomic mass is 10.2. The number of hydrogen-bond donors (Lipinski definition) is 1. The summed E-state index contributed by atoms with van der Waals surface area (Å²) >= 11 is 3.41. The molecule has 10 heteroatoms. The zero-order chi connectivity index (χ0) is 21.5. The van der Waals surface area contributed by atoms with Crippen LogP contribution in [0.3, 0.4) is 0 Å². The minimum absolute atomic E-state index is 0.00321. The summed E-state index contributed by atoms with van der Waals surface area (Å²) in [6, 6.07) is 13.7. The van der Waals surface area contributed by atoms with Crippen molar-refractivity contribution in [3.8, 4) is 5.75 Å². The van der Waals surface area contributed by atoms with Crippen molar-refractivity contribution in [2.45, 2.75) is 6.61 Å². The third kappa shape index (κ3) is 5.67. The summed E-state index contributed by atoms with van der Waals surface area (Å²) in [5.41, 5.74) is 3.62. The third-order valence-corrected chi connectivity index (χ3v) is 4.45. The highest BCUT2D eigenvalue weighted by Gasteiger charge is 2.10. The molecule has 1 aromatic heterocycles. The maximum Gasteiger partial charge on any atom is 0.289 e. The Hall–Kier alpha value is -3.66. The van der Waals surface area contributed by atoms with E-state index in [4.69, 9.17) is 4.74 Å². The van der Waals surface area contributed by atoms with Crippen LogP contribution in [0.15, 0.2) is 70.4 Å². The number of nitro groups is 1. The molecule has 152 valence electrons. The molecule has 0 radical (unpaired) electrons. The van der Waals surface area contributed by atoms with Crippen LogP contribution in [0, 0.1) is 15.9 Å². The van der Waals surface area contributed by atoms with Gasteiger partial charge in [-0.1, -0.05) is 12.1 Å². The Morgan fingerprint density at radius 2 is 2.00 bits per heavy atom. The van der Waals surface area contributed by atoms with Crippen LogP contribution in [0.4, 0.5) is 10.1 Å². The quantitative estimate of drug-likeness (QED) is 0.314. The zero-order valence-corrected chi connectivity index (χ0v) is 16.9. The van der Waals surface area contributed by atoms with Crippen LogP contribution >= 0.6 is 15.9 Å². The second kappa shape index (κ2) is 9.70. The maximum absolute atomic E-state index is 12.9. The van der Waals surface area contributed by atoms with Gasteiger partial charge in [0.05, 0.1) is 15.6 Å². The van der Waals surface area contributed by atoms with Crippen LogP contribution in [-0.4, -0.2) is 22.0 Å². The van der Waals surface area contributed by atoms with Gasteiger partial charge in [-0.25, -0.2) is 14.8 Å². The number of halogens is 2. The molecule has 1 amide bonds. The largest absolute Gasteiger partial charge is 0.488 e. The number of ether oxygens (including phenoxy) is 1. The molecule has 1 N–H and O–H groups in total. The molecule has 0 aliphatic heterocycles. The van der Waals surface area contributed by atoms with Crippen LogP contribution in [0.2, 0.25) is 0 Å². The Morgan fingerprint density at radius 1 is 1.23 bits per heavy atom. The van der Waals surface area contributed by atoms with E-state index in [2.05, 4.69) is 31.4 Å². The molecule has 3 rings (SSSR count). The summed E-state index contributed by atoms with van der Waals surface area (Å²) in [6.45, 7) is 0.282. The molecule has 0 bridgehead atoms. The molecule has 0 spiro atoms. The van der Waals surface area contributed by atoms with Crippen molar-refractivity contribution >= 4 is 33.7 Å². The lowest BCUT2D eigenvalue weighted by Gasteiger charge is -2.09. The summed E-state index contributed by atoms with van der Waals surface area (Å²) in [5, 5.41) is 14.5. The molecule has 3 aromatic rings. The van der Waals surface area contributed by atoms with Crippen LogP contribution in [-0.2, 0) is 6.61 Å². The van der Waals surface area contributed by atoms with Crippen molar-refractivity contribution in [3.63, 3.8) is 0 Å². The number of rotatable bonds is 7. The average Bonchev–Trinajstić information content (AvgIpc) is 2.74. The van der Waals surface area contributed by atoms with Gasteiger partial charge in [-0.2, -0.15) is 5.10 Å². The summed E-state index contributed by atoms with van der Waals surface area (Å²) in [4.78, 5) is 25.7. The second-order valence-corrected chi connectivity index (χ2v) is 6.82. The van der Waals surface area contributed by atoms with Gasteiger partial charge in [0.1, 0.15) is 30.1 Å².